The molecular formula is C12H11ClO2S. The molecule has 0 aliphatic rings. The summed E-state index contributed by atoms with van der Waals surface area (Å²) in [6.07, 6.45) is 0. The average Bonchev–Trinajstić information content (AvgIpc) is 2.84. The Morgan fingerprint density at radius 3 is 1.94 bits per heavy atom. The van der Waals surface area contributed by atoms with E-state index in [0.717, 1.165) is 0 Å². The smallest absolute Gasteiger partial charge is 0.327 e. The zero-order valence-electron chi connectivity index (χ0n) is 8.42. The van der Waals surface area contributed by atoms with Crippen LogP contribution in [0.15, 0.2) is 53.9 Å². The topological polar surface area (TPSA) is 37.3 Å². The van der Waals surface area contributed by atoms with Crippen molar-refractivity contribution in [1.82, 2.24) is 0 Å². The Bertz CT molecular complexity index is 374. The van der Waals surface area contributed by atoms with Gasteiger partial charge in [0.2, 0.25) is 0 Å². The van der Waals surface area contributed by atoms with Crippen LogP contribution >= 0.6 is 22.9 Å². The number of halogens is 1. The lowest BCUT2D eigenvalue weighted by Crippen LogP contribution is -2.02. The Kier molecular flexibility index (Phi) is 5.61. The van der Waals surface area contributed by atoms with Gasteiger partial charge in [-0.3, -0.25) is 4.79 Å². The van der Waals surface area contributed by atoms with Crippen LogP contribution in [0.1, 0.15) is 10.3 Å². The van der Waals surface area contributed by atoms with E-state index in [1.165, 1.54) is 11.3 Å². The monoisotopic (exact) mass is 254 g/mol. The molecule has 1 heterocycles. The van der Waals surface area contributed by atoms with Crippen LogP contribution in [-0.4, -0.2) is 11.1 Å². The third-order valence-electron chi connectivity index (χ3n) is 1.68. The van der Waals surface area contributed by atoms with Crippen molar-refractivity contribution >= 4 is 28.9 Å². The van der Waals surface area contributed by atoms with Crippen LogP contribution in [0.25, 0.3) is 0 Å². The normalized spacial score (nSPS) is 11.1. The van der Waals surface area contributed by atoms with E-state index in [9.17, 15) is 4.79 Å². The number of hydrogen-bond donors (Lipinski definition) is 1. The van der Waals surface area contributed by atoms with Crippen molar-refractivity contribution < 1.29 is 9.90 Å². The second-order valence-corrected chi connectivity index (χ2v) is 4.29. The van der Waals surface area contributed by atoms with Crippen molar-refractivity contribution in [2.45, 2.75) is 5.38 Å². The first-order valence-electron chi connectivity index (χ1n) is 4.62. The zero-order chi connectivity index (χ0) is 11.8. The van der Waals surface area contributed by atoms with Gasteiger partial charge in [0.05, 0.1) is 0 Å². The summed E-state index contributed by atoms with van der Waals surface area (Å²) < 4.78 is 0. The quantitative estimate of drug-likeness (QED) is 0.828. The Morgan fingerprint density at radius 1 is 1.12 bits per heavy atom. The highest BCUT2D eigenvalue weighted by molar-refractivity contribution is 7.10. The van der Waals surface area contributed by atoms with E-state index in [1.54, 1.807) is 17.5 Å². The Hall–Kier alpha value is -1.32. The maximum Gasteiger partial charge on any atom is 0.327 e. The average molecular weight is 255 g/mol. The summed E-state index contributed by atoms with van der Waals surface area (Å²) >= 11 is 6.84. The number of carboxylic acid groups (broad SMARTS) is 1. The van der Waals surface area contributed by atoms with Crippen molar-refractivity contribution in [3.05, 3.63) is 58.8 Å². The molecule has 4 heteroatoms. The van der Waals surface area contributed by atoms with Crippen molar-refractivity contribution in [2.24, 2.45) is 0 Å². The molecule has 2 nitrogen and oxygen atoms in total. The minimum Gasteiger partial charge on any atom is -0.480 e. The molecule has 0 saturated heterocycles. The molecule has 0 bridgehead atoms. The third kappa shape index (κ3) is 4.47. The molecular weight excluding hydrogens is 244 g/mol. The van der Waals surface area contributed by atoms with Crippen LogP contribution in [0.3, 0.4) is 0 Å². The summed E-state index contributed by atoms with van der Waals surface area (Å²) in [4.78, 5) is 10.9. The Labute approximate surface area is 103 Å². The molecule has 0 amide bonds. The summed E-state index contributed by atoms with van der Waals surface area (Å²) in [5.74, 6) is -0.996. The second-order valence-electron chi connectivity index (χ2n) is 2.87. The summed E-state index contributed by atoms with van der Waals surface area (Å²) in [6, 6.07) is 15.5. The summed E-state index contributed by atoms with van der Waals surface area (Å²) in [5, 5.41) is 9.34. The highest BCUT2D eigenvalue weighted by Crippen LogP contribution is 2.24. The van der Waals surface area contributed by atoms with Gasteiger partial charge < -0.3 is 5.11 Å². The highest BCUT2D eigenvalue weighted by Gasteiger charge is 2.16. The van der Waals surface area contributed by atoms with E-state index in [2.05, 4.69) is 0 Å². The number of thiophene rings is 1. The first-order valence-corrected chi connectivity index (χ1v) is 5.93. The molecule has 0 fully saturated rings. The standard InChI is InChI=1S/C6H5ClO2S.C6H6/c7-5(6(8)9)4-2-1-3-10-4;1-2-4-6-5-3-1/h1-3,5H,(H,8,9);1-6H. The van der Waals surface area contributed by atoms with Gasteiger partial charge in [0.1, 0.15) is 0 Å². The van der Waals surface area contributed by atoms with Gasteiger partial charge in [-0.1, -0.05) is 42.5 Å². The lowest BCUT2D eigenvalue weighted by molar-refractivity contribution is -0.136. The lowest BCUT2D eigenvalue weighted by atomic mass is 10.3. The van der Waals surface area contributed by atoms with Crippen LogP contribution in [-0.2, 0) is 4.79 Å². The van der Waals surface area contributed by atoms with Crippen molar-refractivity contribution in [2.75, 3.05) is 0 Å². The van der Waals surface area contributed by atoms with Gasteiger partial charge in [0.25, 0.3) is 0 Å². The van der Waals surface area contributed by atoms with Gasteiger partial charge in [-0.15, -0.1) is 22.9 Å². The van der Waals surface area contributed by atoms with Gasteiger partial charge in [0, 0.05) is 4.88 Å². The number of carboxylic acids is 1. The zero-order valence-corrected chi connectivity index (χ0v) is 9.99. The predicted molar refractivity (Wildman–Crippen MR) is 67.0 cm³/mol. The van der Waals surface area contributed by atoms with Crippen LogP contribution in [0, 0.1) is 0 Å². The molecule has 0 aliphatic heterocycles. The number of rotatable bonds is 2. The maximum atomic E-state index is 10.3. The van der Waals surface area contributed by atoms with Crippen LogP contribution in [0.2, 0.25) is 0 Å². The van der Waals surface area contributed by atoms with Gasteiger partial charge >= 0.3 is 5.97 Å². The maximum absolute atomic E-state index is 10.3. The molecule has 1 aromatic heterocycles. The lowest BCUT2D eigenvalue weighted by Gasteiger charge is -1.97. The molecule has 1 aromatic carbocycles. The third-order valence-corrected chi connectivity index (χ3v) is 3.16. The van der Waals surface area contributed by atoms with E-state index in [-0.39, 0.29) is 0 Å². The van der Waals surface area contributed by atoms with Crippen molar-refractivity contribution in [3.8, 4) is 0 Å². The molecule has 0 radical (unpaired) electrons. The van der Waals surface area contributed by atoms with Gasteiger partial charge in [-0.25, -0.2) is 0 Å². The molecule has 1 N–H and O–H groups in total. The largest absolute Gasteiger partial charge is 0.480 e. The SMILES string of the molecule is O=C(O)C(Cl)c1cccs1.c1ccccc1. The molecule has 16 heavy (non-hydrogen) atoms. The Balaban J connectivity index is 0.000000181. The molecule has 84 valence electrons. The Morgan fingerprint density at radius 2 is 1.62 bits per heavy atom. The first-order chi connectivity index (χ1) is 7.72. The van der Waals surface area contributed by atoms with Gasteiger partial charge in [-0.2, -0.15) is 0 Å². The fourth-order valence-corrected chi connectivity index (χ4v) is 1.86. The van der Waals surface area contributed by atoms with Crippen LogP contribution in [0.5, 0.6) is 0 Å². The van der Waals surface area contributed by atoms with E-state index in [1.807, 2.05) is 36.4 Å². The molecule has 0 spiro atoms. The van der Waals surface area contributed by atoms with Gasteiger partial charge in [0.15, 0.2) is 5.38 Å². The summed E-state index contributed by atoms with van der Waals surface area (Å²) in [6.45, 7) is 0. The first kappa shape index (κ1) is 12.7. The number of alkyl halides is 1. The summed E-state index contributed by atoms with van der Waals surface area (Å²) in [7, 11) is 0. The predicted octanol–water partition coefficient (Wildman–Crippen LogP) is 3.80. The van der Waals surface area contributed by atoms with Gasteiger partial charge in [-0.05, 0) is 11.4 Å². The molecule has 2 aromatic rings. The number of benzene rings is 1. The van der Waals surface area contributed by atoms with E-state index in [0.29, 0.717) is 4.88 Å². The fraction of sp³-hybridized carbons (Fsp3) is 0.0833. The molecule has 0 aliphatic carbocycles. The minimum atomic E-state index is -0.996. The molecule has 0 saturated carbocycles. The van der Waals surface area contributed by atoms with Crippen molar-refractivity contribution in [1.29, 1.82) is 0 Å². The van der Waals surface area contributed by atoms with E-state index < -0.39 is 11.3 Å². The van der Waals surface area contributed by atoms with E-state index in [4.69, 9.17) is 16.7 Å². The van der Waals surface area contributed by atoms with Crippen LogP contribution in [0.4, 0.5) is 0 Å². The number of hydrogen-bond acceptors (Lipinski definition) is 2. The van der Waals surface area contributed by atoms with E-state index >= 15 is 0 Å². The molecule has 1 unspecified atom stereocenters. The fourth-order valence-electron chi connectivity index (χ4n) is 0.942. The summed E-state index contributed by atoms with van der Waals surface area (Å²) in [5.41, 5.74) is 0. The molecule has 2 rings (SSSR count). The highest BCUT2D eigenvalue weighted by atomic mass is 35.5. The van der Waals surface area contributed by atoms with Crippen LogP contribution < -0.4 is 0 Å². The molecule has 1 atom stereocenters. The second kappa shape index (κ2) is 7.04. The number of carbonyl (C=O) groups is 1. The number of aliphatic carboxylic acids is 1. The minimum absolute atomic E-state index is 0.675. The van der Waals surface area contributed by atoms with Crippen molar-refractivity contribution in [3.63, 3.8) is 0 Å².